The second kappa shape index (κ2) is 8.08. The third-order valence-corrected chi connectivity index (χ3v) is 6.61. The number of nitrogens with one attached hydrogen (secondary N) is 3. The van der Waals surface area contributed by atoms with Gasteiger partial charge in [0.2, 0.25) is 11.8 Å². The third kappa shape index (κ3) is 4.32. The molecule has 4 saturated carbocycles. The Morgan fingerprint density at radius 2 is 1.50 bits per heavy atom. The molecule has 3 amide bonds. The molecule has 0 aliphatic heterocycles. The number of rotatable bonds is 5. The zero-order valence-corrected chi connectivity index (χ0v) is 17.0. The Kier molecular flexibility index (Phi) is 5.49. The summed E-state index contributed by atoms with van der Waals surface area (Å²) in [5, 5.41) is 3.05. The smallest absolute Gasteiger partial charge is 0.338 e. The van der Waals surface area contributed by atoms with E-state index in [1.807, 2.05) is 0 Å². The molecule has 0 unspecified atom stereocenters. The quantitative estimate of drug-likeness (QED) is 0.506. The first-order chi connectivity index (χ1) is 14.3. The maximum atomic E-state index is 13.1. The molecule has 5 rings (SSSR count). The van der Waals surface area contributed by atoms with E-state index in [-0.39, 0.29) is 16.9 Å². The second-order valence-electron chi connectivity index (χ2n) is 9.03. The van der Waals surface area contributed by atoms with Crippen molar-refractivity contribution in [2.45, 2.75) is 45.4 Å². The minimum atomic E-state index is -0.660. The van der Waals surface area contributed by atoms with Crippen LogP contribution in [0.4, 0.5) is 5.69 Å². The zero-order chi connectivity index (χ0) is 21.3. The van der Waals surface area contributed by atoms with Crippen LogP contribution in [0.25, 0.3) is 0 Å². The van der Waals surface area contributed by atoms with Crippen molar-refractivity contribution in [2.24, 2.45) is 23.2 Å². The molecule has 8 nitrogen and oxygen atoms in total. The Morgan fingerprint density at radius 1 is 0.933 bits per heavy atom. The maximum Gasteiger partial charge on any atom is 0.338 e. The number of esters is 1. The van der Waals surface area contributed by atoms with Gasteiger partial charge in [-0.1, -0.05) is 0 Å². The van der Waals surface area contributed by atoms with Crippen molar-refractivity contribution in [1.29, 1.82) is 0 Å². The van der Waals surface area contributed by atoms with Gasteiger partial charge in [0.05, 0.1) is 11.0 Å². The third-order valence-electron chi connectivity index (χ3n) is 6.61. The molecule has 0 heterocycles. The lowest BCUT2D eigenvalue weighted by Gasteiger charge is -2.55. The van der Waals surface area contributed by atoms with Gasteiger partial charge in [0.25, 0.3) is 5.91 Å². The van der Waals surface area contributed by atoms with Crippen LogP contribution in [0.3, 0.4) is 0 Å². The molecule has 8 heteroatoms. The van der Waals surface area contributed by atoms with Gasteiger partial charge >= 0.3 is 5.97 Å². The standard InChI is InChI=1S/C22H27N3O5/c1-13(26)24-25-19(27)12-30-20(28)17-2-4-18(5-3-17)23-21(29)22-9-14-6-15(10-22)8-16(7-14)11-22/h2-5,14-16H,6-12H2,1H3,(H,23,29)(H,24,26)(H,25,27). The van der Waals surface area contributed by atoms with Crippen LogP contribution in [0.15, 0.2) is 24.3 Å². The summed E-state index contributed by atoms with van der Waals surface area (Å²) in [5.41, 5.74) is 4.92. The average Bonchev–Trinajstić information content (AvgIpc) is 2.70. The largest absolute Gasteiger partial charge is 0.452 e. The van der Waals surface area contributed by atoms with Crippen LogP contribution in [-0.4, -0.2) is 30.3 Å². The van der Waals surface area contributed by atoms with Crippen LogP contribution >= 0.6 is 0 Å². The molecule has 0 radical (unpaired) electrons. The van der Waals surface area contributed by atoms with Gasteiger partial charge in [-0.25, -0.2) is 4.79 Å². The summed E-state index contributed by atoms with van der Waals surface area (Å²) in [7, 11) is 0. The molecule has 4 aliphatic rings. The topological polar surface area (TPSA) is 114 Å². The number of amides is 3. The summed E-state index contributed by atoms with van der Waals surface area (Å²) < 4.78 is 4.92. The first-order valence-corrected chi connectivity index (χ1v) is 10.5. The summed E-state index contributed by atoms with van der Waals surface area (Å²) in [5.74, 6) is 0.461. The van der Waals surface area contributed by atoms with Crippen LogP contribution in [-0.2, 0) is 19.1 Å². The summed E-state index contributed by atoms with van der Waals surface area (Å²) in [4.78, 5) is 47.4. The SMILES string of the molecule is CC(=O)NNC(=O)COC(=O)c1ccc(NC(=O)C23CC4CC(CC(C4)C2)C3)cc1. The number of hydrogen-bond acceptors (Lipinski definition) is 5. The minimum Gasteiger partial charge on any atom is -0.452 e. The summed E-state index contributed by atoms with van der Waals surface area (Å²) in [6.07, 6.45) is 6.84. The van der Waals surface area contributed by atoms with Crippen LogP contribution in [0.2, 0.25) is 0 Å². The highest BCUT2D eigenvalue weighted by atomic mass is 16.5. The molecule has 30 heavy (non-hydrogen) atoms. The Balaban J connectivity index is 1.30. The van der Waals surface area contributed by atoms with E-state index in [9.17, 15) is 19.2 Å². The lowest BCUT2D eigenvalue weighted by Crippen LogP contribution is -2.51. The molecule has 4 aliphatic carbocycles. The highest BCUT2D eigenvalue weighted by Crippen LogP contribution is 2.60. The Labute approximate surface area is 175 Å². The molecule has 3 N–H and O–H groups in total. The molecule has 1 aromatic rings. The van der Waals surface area contributed by atoms with Crippen LogP contribution < -0.4 is 16.2 Å². The lowest BCUT2D eigenvalue weighted by atomic mass is 9.49. The van der Waals surface area contributed by atoms with Crippen molar-refractivity contribution in [1.82, 2.24) is 10.9 Å². The number of ether oxygens (including phenoxy) is 1. The molecule has 4 fully saturated rings. The number of hydrazine groups is 1. The van der Waals surface area contributed by atoms with E-state index >= 15 is 0 Å². The molecule has 0 aromatic heterocycles. The number of anilines is 1. The van der Waals surface area contributed by atoms with Crippen molar-refractivity contribution in [3.8, 4) is 0 Å². The first-order valence-electron chi connectivity index (χ1n) is 10.5. The van der Waals surface area contributed by atoms with E-state index < -0.39 is 24.4 Å². The zero-order valence-electron chi connectivity index (χ0n) is 17.0. The number of benzene rings is 1. The monoisotopic (exact) mass is 413 g/mol. The van der Waals surface area contributed by atoms with Gasteiger partial charge in [0.15, 0.2) is 6.61 Å². The van der Waals surface area contributed by atoms with Gasteiger partial charge in [0, 0.05) is 12.6 Å². The van der Waals surface area contributed by atoms with Crippen molar-refractivity contribution in [3.63, 3.8) is 0 Å². The summed E-state index contributed by atoms with van der Waals surface area (Å²) in [6, 6.07) is 6.46. The van der Waals surface area contributed by atoms with E-state index in [4.69, 9.17) is 4.74 Å². The van der Waals surface area contributed by atoms with Crippen molar-refractivity contribution < 1.29 is 23.9 Å². The van der Waals surface area contributed by atoms with Gasteiger partial charge in [-0.05, 0) is 80.5 Å². The lowest BCUT2D eigenvalue weighted by molar-refractivity contribution is -0.140. The Bertz CT molecular complexity index is 829. The molecule has 0 atom stereocenters. The summed E-state index contributed by atoms with van der Waals surface area (Å²) in [6.45, 7) is 0.736. The number of carbonyl (C=O) groups excluding carboxylic acids is 4. The fraction of sp³-hybridized carbons (Fsp3) is 0.545. The molecule has 1 aromatic carbocycles. The Morgan fingerprint density at radius 3 is 2.03 bits per heavy atom. The van der Waals surface area contributed by atoms with E-state index in [0.717, 1.165) is 19.3 Å². The number of carbonyl (C=O) groups is 4. The highest BCUT2D eigenvalue weighted by molar-refractivity contribution is 5.97. The van der Waals surface area contributed by atoms with Crippen molar-refractivity contribution >= 4 is 29.4 Å². The number of hydrogen-bond donors (Lipinski definition) is 3. The maximum absolute atomic E-state index is 13.1. The van der Waals surface area contributed by atoms with E-state index in [0.29, 0.717) is 23.4 Å². The molecular weight excluding hydrogens is 386 g/mol. The minimum absolute atomic E-state index is 0.103. The van der Waals surface area contributed by atoms with Crippen molar-refractivity contribution in [3.05, 3.63) is 29.8 Å². The van der Waals surface area contributed by atoms with E-state index in [1.165, 1.54) is 26.2 Å². The fourth-order valence-corrected chi connectivity index (χ4v) is 5.75. The van der Waals surface area contributed by atoms with Gasteiger partial charge in [-0.2, -0.15) is 0 Å². The van der Waals surface area contributed by atoms with E-state index in [1.54, 1.807) is 24.3 Å². The first kappa shape index (κ1) is 20.4. The highest BCUT2D eigenvalue weighted by Gasteiger charge is 2.54. The average molecular weight is 413 g/mol. The van der Waals surface area contributed by atoms with Crippen molar-refractivity contribution in [2.75, 3.05) is 11.9 Å². The Hall–Kier alpha value is -2.90. The molecular formula is C22H27N3O5. The van der Waals surface area contributed by atoms with Crippen LogP contribution in [0.5, 0.6) is 0 Å². The second-order valence-corrected chi connectivity index (χ2v) is 9.03. The molecule has 4 bridgehead atoms. The predicted molar refractivity (Wildman–Crippen MR) is 108 cm³/mol. The van der Waals surface area contributed by atoms with Gasteiger partial charge < -0.3 is 10.1 Å². The van der Waals surface area contributed by atoms with Gasteiger partial charge in [-0.15, -0.1) is 0 Å². The predicted octanol–water partition coefficient (Wildman–Crippen LogP) is 2.17. The summed E-state index contributed by atoms with van der Waals surface area (Å²) >= 11 is 0. The normalized spacial score (nSPS) is 28.5. The van der Waals surface area contributed by atoms with E-state index in [2.05, 4.69) is 16.2 Å². The fourth-order valence-electron chi connectivity index (χ4n) is 5.75. The van der Waals surface area contributed by atoms with Crippen LogP contribution in [0, 0.1) is 23.2 Å². The van der Waals surface area contributed by atoms with Gasteiger partial charge in [-0.3, -0.25) is 25.2 Å². The van der Waals surface area contributed by atoms with Gasteiger partial charge in [0.1, 0.15) is 0 Å². The molecule has 160 valence electrons. The molecule has 0 saturated heterocycles. The van der Waals surface area contributed by atoms with Crippen LogP contribution in [0.1, 0.15) is 55.8 Å². The molecule has 0 spiro atoms.